The second kappa shape index (κ2) is 12.7. The van der Waals surface area contributed by atoms with Crippen LogP contribution >= 0.6 is 39.0 Å². The Hall–Kier alpha value is -4.07. The van der Waals surface area contributed by atoms with Gasteiger partial charge in [0.15, 0.2) is 18.1 Å². The maximum absolute atomic E-state index is 14.1. The largest absolute Gasteiger partial charge is 0.497 e. The molecule has 3 fully saturated rings. The van der Waals surface area contributed by atoms with Crippen LogP contribution in [0.4, 0.5) is 11.4 Å². The fourth-order valence-corrected chi connectivity index (χ4v) is 11.5. The number of benzene rings is 3. The average Bonchev–Trinajstić information content (AvgIpc) is 3.84. The number of nitrogens with one attached hydrogen (secondary N) is 2. The number of thiazole rings is 1. The lowest BCUT2D eigenvalue weighted by Gasteiger charge is -2.43. The van der Waals surface area contributed by atoms with Crippen molar-refractivity contribution in [1.82, 2.24) is 4.98 Å². The van der Waals surface area contributed by atoms with Crippen molar-refractivity contribution >= 4 is 68.1 Å². The SMILES string of the molecule is CCOc1cc([C@H]2c3sc(=O)[nH]c3SC3C4CC(C5C(=O)N(c6ccc(Br)cc6)C(=O)C45)C32)ccc1OCC(=O)Nc1ccc(OC)cc1. The minimum Gasteiger partial charge on any atom is -0.497 e. The molecule has 7 atom stereocenters. The lowest BCUT2D eigenvalue weighted by Crippen LogP contribution is -2.42. The molecule has 3 amide bonds. The molecule has 1 aromatic heterocycles. The smallest absolute Gasteiger partial charge is 0.305 e. The zero-order chi connectivity index (χ0) is 34.0. The first kappa shape index (κ1) is 32.2. The molecule has 2 aliphatic carbocycles. The van der Waals surface area contributed by atoms with Crippen LogP contribution in [0.25, 0.3) is 0 Å². The number of H-pyrrole nitrogens is 1. The number of fused-ring (bicyclic) bond motifs is 9. The van der Waals surface area contributed by atoms with E-state index in [1.807, 2.05) is 37.3 Å². The molecule has 2 N–H and O–H groups in total. The summed E-state index contributed by atoms with van der Waals surface area (Å²) in [7, 11) is 1.58. The summed E-state index contributed by atoms with van der Waals surface area (Å²) in [5, 5.41) is 3.71. The minimum absolute atomic E-state index is 0.0131. The summed E-state index contributed by atoms with van der Waals surface area (Å²) >= 11 is 6.30. The Bertz CT molecular complexity index is 2010. The molecule has 252 valence electrons. The topological polar surface area (TPSA) is 127 Å². The Balaban J connectivity index is 1.08. The quantitative estimate of drug-likeness (QED) is 0.190. The van der Waals surface area contributed by atoms with Gasteiger partial charge in [-0.1, -0.05) is 33.3 Å². The number of thioether (sulfide) groups is 1. The molecule has 0 spiro atoms. The number of nitrogens with zero attached hydrogens (tertiary/aromatic N) is 1. The number of anilines is 2. The molecule has 1 saturated heterocycles. The van der Waals surface area contributed by atoms with Crippen molar-refractivity contribution in [3.05, 3.63) is 91.3 Å². The van der Waals surface area contributed by atoms with Gasteiger partial charge in [-0.15, -0.1) is 11.8 Å². The van der Waals surface area contributed by atoms with Gasteiger partial charge in [-0.25, -0.2) is 0 Å². The molecule has 8 rings (SSSR count). The van der Waals surface area contributed by atoms with E-state index in [0.29, 0.717) is 35.2 Å². The van der Waals surface area contributed by atoms with Crippen molar-refractivity contribution in [2.75, 3.05) is 30.5 Å². The molecule has 2 aliphatic heterocycles. The highest BCUT2D eigenvalue weighted by Crippen LogP contribution is 2.68. The molecule has 13 heteroatoms. The summed E-state index contributed by atoms with van der Waals surface area (Å²) in [4.78, 5) is 58.7. The fourth-order valence-electron chi connectivity index (χ4n) is 8.36. The van der Waals surface area contributed by atoms with Gasteiger partial charge in [0, 0.05) is 26.2 Å². The lowest BCUT2D eigenvalue weighted by atomic mass is 9.68. The third kappa shape index (κ3) is 5.46. The Morgan fingerprint density at radius 3 is 2.41 bits per heavy atom. The van der Waals surface area contributed by atoms with Crippen LogP contribution in [0.15, 0.2) is 81.0 Å². The van der Waals surface area contributed by atoms with E-state index in [4.69, 9.17) is 14.2 Å². The number of methoxy groups -OCH3 is 1. The highest BCUT2D eigenvalue weighted by atomic mass is 79.9. The van der Waals surface area contributed by atoms with Crippen molar-refractivity contribution in [3.8, 4) is 17.2 Å². The summed E-state index contributed by atoms with van der Waals surface area (Å²) in [6.45, 7) is 2.04. The molecule has 10 nitrogen and oxygen atoms in total. The molecule has 4 aromatic rings. The van der Waals surface area contributed by atoms with Crippen LogP contribution < -0.4 is 29.3 Å². The van der Waals surface area contributed by atoms with Crippen LogP contribution in [0.2, 0.25) is 0 Å². The molecule has 4 aliphatic rings. The predicted molar refractivity (Wildman–Crippen MR) is 190 cm³/mol. The highest BCUT2D eigenvalue weighted by molar-refractivity contribution is 9.10. The van der Waals surface area contributed by atoms with Gasteiger partial charge in [-0.3, -0.25) is 24.1 Å². The molecular formula is C36H32BrN3O7S2. The van der Waals surface area contributed by atoms with Crippen LogP contribution in [0.5, 0.6) is 17.2 Å². The molecule has 6 unspecified atom stereocenters. The third-order valence-corrected chi connectivity index (χ3v) is 13.3. The van der Waals surface area contributed by atoms with E-state index in [0.717, 1.165) is 26.4 Å². The van der Waals surface area contributed by atoms with Gasteiger partial charge in [0.05, 0.1) is 36.3 Å². The summed E-state index contributed by atoms with van der Waals surface area (Å²) in [6, 6.07) is 20.0. The van der Waals surface area contributed by atoms with Gasteiger partial charge < -0.3 is 24.5 Å². The molecular weight excluding hydrogens is 730 g/mol. The Morgan fingerprint density at radius 1 is 0.959 bits per heavy atom. The monoisotopic (exact) mass is 761 g/mol. The van der Waals surface area contributed by atoms with Crippen molar-refractivity contribution in [3.63, 3.8) is 0 Å². The Labute approximate surface area is 298 Å². The maximum Gasteiger partial charge on any atom is 0.305 e. The van der Waals surface area contributed by atoms with E-state index in [2.05, 4.69) is 26.2 Å². The number of hydrogen-bond donors (Lipinski definition) is 2. The van der Waals surface area contributed by atoms with Crippen LogP contribution in [-0.4, -0.2) is 48.3 Å². The van der Waals surface area contributed by atoms with Gasteiger partial charge >= 0.3 is 4.87 Å². The Kier molecular flexibility index (Phi) is 8.32. The van der Waals surface area contributed by atoms with Crippen molar-refractivity contribution in [1.29, 1.82) is 0 Å². The van der Waals surface area contributed by atoms with E-state index in [-0.39, 0.29) is 64.0 Å². The van der Waals surface area contributed by atoms with Crippen molar-refractivity contribution in [2.24, 2.45) is 29.6 Å². The number of carbonyl (C=O) groups excluding carboxylic acids is 3. The normalized spacial score (nSPS) is 26.3. The molecule has 49 heavy (non-hydrogen) atoms. The van der Waals surface area contributed by atoms with Gasteiger partial charge in [0.1, 0.15) is 5.75 Å². The first-order valence-corrected chi connectivity index (χ1v) is 18.6. The van der Waals surface area contributed by atoms with Crippen LogP contribution in [-0.2, 0) is 14.4 Å². The number of ether oxygens (including phenoxy) is 3. The summed E-state index contributed by atoms with van der Waals surface area (Å²) < 4.78 is 18.0. The molecule has 3 aromatic carbocycles. The predicted octanol–water partition coefficient (Wildman–Crippen LogP) is 6.30. The number of imide groups is 1. The highest BCUT2D eigenvalue weighted by Gasteiger charge is 2.69. The Morgan fingerprint density at radius 2 is 1.69 bits per heavy atom. The molecule has 3 heterocycles. The van der Waals surface area contributed by atoms with Gasteiger partial charge in [0.2, 0.25) is 11.8 Å². The zero-order valence-corrected chi connectivity index (χ0v) is 29.7. The number of carbonyl (C=O) groups is 3. The van der Waals surface area contributed by atoms with E-state index in [9.17, 15) is 19.2 Å². The zero-order valence-electron chi connectivity index (χ0n) is 26.5. The third-order valence-electron chi connectivity index (χ3n) is 10.2. The second-order valence-corrected chi connectivity index (χ2v) is 15.8. The molecule has 2 saturated carbocycles. The first-order valence-electron chi connectivity index (χ1n) is 16.1. The van der Waals surface area contributed by atoms with Crippen molar-refractivity contribution < 1.29 is 28.6 Å². The summed E-state index contributed by atoms with van der Waals surface area (Å²) in [5.41, 5.74) is 2.16. The van der Waals surface area contributed by atoms with Gasteiger partial charge in [-0.05, 0) is 97.3 Å². The fraction of sp³-hybridized carbons (Fsp3) is 0.333. The lowest BCUT2D eigenvalue weighted by molar-refractivity contribution is -0.123. The van der Waals surface area contributed by atoms with Gasteiger partial charge in [0.25, 0.3) is 5.91 Å². The van der Waals surface area contributed by atoms with E-state index >= 15 is 0 Å². The summed E-state index contributed by atoms with van der Waals surface area (Å²) in [5.74, 6) is 0.0947. The minimum atomic E-state index is -0.402. The first-order chi connectivity index (χ1) is 23.7. The second-order valence-electron chi connectivity index (χ2n) is 12.7. The number of aromatic amines is 1. The van der Waals surface area contributed by atoms with E-state index in [1.165, 1.54) is 16.2 Å². The average molecular weight is 763 g/mol. The number of hydrogen-bond acceptors (Lipinski definition) is 9. The standard InChI is InChI=1S/C36H32BrN3O7S2/c1-3-46-25-14-17(4-13-24(25)47-16-26(41)38-19-7-11-21(45-2)12-8-19)27-28-22-15-23(31(28)48-33-32(27)49-36(44)39-33)30-29(22)34(42)40(35(30)43)20-9-5-18(37)6-10-20/h4-14,22-23,27-31H,3,15-16H2,1-2H3,(H,38,41)(H,39,44)/t22?,23?,27-,28?,29?,30?,31?/m1/s1. The van der Waals surface area contributed by atoms with E-state index in [1.54, 1.807) is 55.3 Å². The molecule has 0 radical (unpaired) electrons. The van der Waals surface area contributed by atoms with Crippen LogP contribution in [0.1, 0.15) is 29.7 Å². The number of amides is 3. The number of aromatic nitrogens is 1. The number of rotatable bonds is 9. The number of halogens is 1. The van der Waals surface area contributed by atoms with Crippen LogP contribution in [0.3, 0.4) is 0 Å². The van der Waals surface area contributed by atoms with Crippen LogP contribution in [0, 0.1) is 29.6 Å². The van der Waals surface area contributed by atoms with Gasteiger partial charge in [-0.2, -0.15) is 0 Å². The van der Waals surface area contributed by atoms with Crippen molar-refractivity contribution in [2.45, 2.75) is 29.5 Å². The summed E-state index contributed by atoms with van der Waals surface area (Å²) in [6.07, 6.45) is 0.793. The molecule has 2 bridgehead atoms. The van der Waals surface area contributed by atoms with E-state index < -0.39 is 5.92 Å². The maximum atomic E-state index is 14.1.